The molecule has 0 aliphatic carbocycles. The number of aryl methyl sites for hydroxylation is 1. The van der Waals surface area contributed by atoms with Gasteiger partial charge in [0.2, 0.25) is 5.91 Å². The molecule has 0 saturated carbocycles. The van der Waals surface area contributed by atoms with Crippen molar-refractivity contribution >= 4 is 11.9 Å². The standard InChI is InChI=1S/C13H19NO4/c1-5-8(2)12(15)14(4)7-10-6-11(13(16)17)9(3)18-10/h6,8H,5,7H2,1-4H3,(H,16,17). The SMILES string of the molecule is CCC(C)C(=O)N(C)Cc1cc(C(=O)O)c(C)o1. The van der Waals surface area contributed by atoms with Gasteiger partial charge in [-0.3, -0.25) is 4.79 Å². The molecule has 0 aliphatic rings. The molecule has 0 radical (unpaired) electrons. The van der Waals surface area contributed by atoms with Crippen molar-refractivity contribution in [2.45, 2.75) is 33.7 Å². The predicted octanol–water partition coefficient (Wildman–Crippen LogP) is 2.29. The predicted molar refractivity (Wildman–Crippen MR) is 66.3 cm³/mol. The van der Waals surface area contributed by atoms with Crippen molar-refractivity contribution in [1.82, 2.24) is 4.90 Å². The highest BCUT2D eigenvalue weighted by Crippen LogP contribution is 2.17. The summed E-state index contributed by atoms with van der Waals surface area (Å²) in [5, 5.41) is 8.91. The first-order valence-corrected chi connectivity index (χ1v) is 5.94. The van der Waals surface area contributed by atoms with Crippen LogP contribution in [0.15, 0.2) is 10.5 Å². The Morgan fingerprint density at radius 2 is 2.11 bits per heavy atom. The summed E-state index contributed by atoms with van der Waals surface area (Å²) in [6.07, 6.45) is 0.779. The van der Waals surface area contributed by atoms with Crippen LogP contribution in [0.5, 0.6) is 0 Å². The van der Waals surface area contributed by atoms with Gasteiger partial charge < -0.3 is 14.4 Å². The minimum Gasteiger partial charge on any atom is -0.478 e. The lowest BCUT2D eigenvalue weighted by Gasteiger charge is -2.19. The lowest BCUT2D eigenvalue weighted by atomic mass is 10.1. The monoisotopic (exact) mass is 253 g/mol. The zero-order valence-corrected chi connectivity index (χ0v) is 11.2. The zero-order valence-electron chi connectivity index (χ0n) is 11.2. The Kier molecular flexibility index (Phi) is 4.53. The maximum absolute atomic E-state index is 11.9. The van der Waals surface area contributed by atoms with Crippen LogP contribution in [0.2, 0.25) is 0 Å². The molecule has 0 bridgehead atoms. The lowest BCUT2D eigenvalue weighted by molar-refractivity contribution is -0.134. The molecule has 1 unspecified atom stereocenters. The van der Waals surface area contributed by atoms with Gasteiger partial charge in [-0.1, -0.05) is 13.8 Å². The molecule has 0 fully saturated rings. The van der Waals surface area contributed by atoms with Crippen LogP contribution >= 0.6 is 0 Å². The van der Waals surface area contributed by atoms with E-state index < -0.39 is 5.97 Å². The Morgan fingerprint density at radius 1 is 1.50 bits per heavy atom. The van der Waals surface area contributed by atoms with Gasteiger partial charge in [-0.05, 0) is 19.4 Å². The maximum atomic E-state index is 11.9. The van der Waals surface area contributed by atoms with Crippen molar-refractivity contribution in [3.05, 3.63) is 23.2 Å². The van der Waals surface area contributed by atoms with Crippen molar-refractivity contribution in [3.63, 3.8) is 0 Å². The van der Waals surface area contributed by atoms with Crippen molar-refractivity contribution in [3.8, 4) is 0 Å². The summed E-state index contributed by atoms with van der Waals surface area (Å²) in [7, 11) is 1.69. The summed E-state index contributed by atoms with van der Waals surface area (Å²) in [4.78, 5) is 24.3. The second-order valence-corrected chi connectivity index (χ2v) is 4.49. The Morgan fingerprint density at radius 3 is 2.56 bits per heavy atom. The Bertz CT molecular complexity index is 450. The molecule has 0 saturated heterocycles. The van der Waals surface area contributed by atoms with E-state index in [-0.39, 0.29) is 23.9 Å². The summed E-state index contributed by atoms with van der Waals surface area (Å²) >= 11 is 0. The van der Waals surface area contributed by atoms with Crippen molar-refractivity contribution in [2.24, 2.45) is 5.92 Å². The molecule has 1 aromatic rings. The van der Waals surface area contributed by atoms with Crippen LogP contribution in [0.4, 0.5) is 0 Å². The molecule has 5 nitrogen and oxygen atoms in total. The average Bonchev–Trinajstić information content (AvgIpc) is 2.68. The van der Waals surface area contributed by atoms with Gasteiger partial charge in [0.1, 0.15) is 17.1 Å². The third-order valence-electron chi connectivity index (χ3n) is 3.00. The first kappa shape index (κ1) is 14.3. The summed E-state index contributed by atoms with van der Waals surface area (Å²) < 4.78 is 5.34. The summed E-state index contributed by atoms with van der Waals surface area (Å²) in [6.45, 7) is 5.71. The second kappa shape index (κ2) is 5.71. The zero-order chi connectivity index (χ0) is 13.9. The van der Waals surface area contributed by atoms with Crippen LogP contribution in [0.25, 0.3) is 0 Å². The Balaban J connectivity index is 2.76. The van der Waals surface area contributed by atoms with E-state index in [0.29, 0.717) is 11.5 Å². The normalized spacial score (nSPS) is 12.2. The van der Waals surface area contributed by atoms with Crippen molar-refractivity contribution in [2.75, 3.05) is 7.05 Å². The number of furan rings is 1. The van der Waals surface area contributed by atoms with E-state index >= 15 is 0 Å². The minimum atomic E-state index is -1.02. The molecule has 18 heavy (non-hydrogen) atoms. The second-order valence-electron chi connectivity index (χ2n) is 4.49. The van der Waals surface area contributed by atoms with Gasteiger partial charge in [-0.25, -0.2) is 4.79 Å². The number of carboxylic acids is 1. The molecule has 1 heterocycles. The fourth-order valence-electron chi connectivity index (χ4n) is 1.70. The van der Waals surface area contributed by atoms with E-state index in [9.17, 15) is 9.59 Å². The highest BCUT2D eigenvalue weighted by Gasteiger charge is 2.19. The molecule has 1 rings (SSSR count). The van der Waals surface area contributed by atoms with Gasteiger partial charge in [-0.15, -0.1) is 0 Å². The Hall–Kier alpha value is -1.78. The molecule has 100 valence electrons. The van der Waals surface area contributed by atoms with Gasteiger partial charge in [0, 0.05) is 13.0 Å². The number of amides is 1. The molecule has 1 aromatic heterocycles. The van der Waals surface area contributed by atoms with E-state index in [4.69, 9.17) is 9.52 Å². The maximum Gasteiger partial charge on any atom is 0.339 e. The van der Waals surface area contributed by atoms with Gasteiger partial charge in [0.15, 0.2) is 0 Å². The van der Waals surface area contributed by atoms with Gasteiger partial charge >= 0.3 is 5.97 Å². The molecular weight excluding hydrogens is 234 g/mol. The number of carbonyl (C=O) groups excluding carboxylic acids is 1. The fourth-order valence-corrected chi connectivity index (χ4v) is 1.70. The summed E-state index contributed by atoms with van der Waals surface area (Å²) in [5.41, 5.74) is 0.148. The molecular formula is C13H19NO4. The molecule has 0 spiro atoms. The summed E-state index contributed by atoms with van der Waals surface area (Å²) in [6, 6.07) is 1.47. The fraction of sp³-hybridized carbons (Fsp3) is 0.538. The highest BCUT2D eigenvalue weighted by molar-refractivity contribution is 5.88. The minimum absolute atomic E-state index is 0.0310. The van der Waals surface area contributed by atoms with E-state index in [1.165, 1.54) is 6.07 Å². The third kappa shape index (κ3) is 3.12. The number of hydrogen-bond donors (Lipinski definition) is 1. The van der Waals surface area contributed by atoms with Gasteiger partial charge in [0.25, 0.3) is 0 Å². The number of rotatable bonds is 5. The van der Waals surface area contributed by atoms with E-state index in [1.807, 2.05) is 13.8 Å². The number of hydrogen-bond acceptors (Lipinski definition) is 3. The number of aromatic carboxylic acids is 1. The molecule has 5 heteroatoms. The van der Waals surface area contributed by atoms with Crippen LogP contribution in [0.3, 0.4) is 0 Å². The van der Waals surface area contributed by atoms with E-state index in [1.54, 1.807) is 18.9 Å². The van der Waals surface area contributed by atoms with Crippen LogP contribution in [0, 0.1) is 12.8 Å². The highest BCUT2D eigenvalue weighted by atomic mass is 16.4. The van der Waals surface area contributed by atoms with Crippen LogP contribution in [-0.4, -0.2) is 28.9 Å². The first-order valence-electron chi connectivity index (χ1n) is 5.94. The largest absolute Gasteiger partial charge is 0.478 e. The average molecular weight is 253 g/mol. The quantitative estimate of drug-likeness (QED) is 0.874. The summed E-state index contributed by atoms with van der Waals surface area (Å²) in [5.74, 6) is -0.169. The topological polar surface area (TPSA) is 70.8 Å². The number of carboxylic acid groups (broad SMARTS) is 1. The molecule has 1 N–H and O–H groups in total. The van der Waals surface area contributed by atoms with Crippen LogP contribution in [0.1, 0.15) is 42.1 Å². The molecule has 1 atom stereocenters. The molecule has 1 amide bonds. The van der Waals surface area contributed by atoms with E-state index in [2.05, 4.69) is 0 Å². The smallest absolute Gasteiger partial charge is 0.339 e. The van der Waals surface area contributed by atoms with Gasteiger partial charge in [-0.2, -0.15) is 0 Å². The molecule has 0 aromatic carbocycles. The number of nitrogens with zero attached hydrogens (tertiary/aromatic N) is 1. The molecule has 0 aliphatic heterocycles. The van der Waals surface area contributed by atoms with Crippen molar-refractivity contribution in [1.29, 1.82) is 0 Å². The Labute approximate surface area is 106 Å². The van der Waals surface area contributed by atoms with Crippen molar-refractivity contribution < 1.29 is 19.1 Å². The van der Waals surface area contributed by atoms with Crippen LogP contribution in [-0.2, 0) is 11.3 Å². The number of carbonyl (C=O) groups is 2. The van der Waals surface area contributed by atoms with Gasteiger partial charge in [0.05, 0.1) is 6.54 Å². The first-order chi connectivity index (χ1) is 8.36. The van der Waals surface area contributed by atoms with Crippen LogP contribution < -0.4 is 0 Å². The lowest BCUT2D eigenvalue weighted by Crippen LogP contribution is -2.30. The van der Waals surface area contributed by atoms with E-state index in [0.717, 1.165) is 6.42 Å². The third-order valence-corrected chi connectivity index (χ3v) is 3.00.